The van der Waals surface area contributed by atoms with E-state index < -0.39 is 35.6 Å². The number of aryl methyl sites for hydroxylation is 1. The Labute approximate surface area is 217 Å². The van der Waals surface area contributed by atoms with Gasteiger partial charge in [-0.15, -0.1) is 0 Å². The summed E-state index contributed by atoms with van der Waals surface area (Å²) in [6.45, 7) is 10.3. The maximum Gasteiger partial charge on any atom is 0.408 e. The quantitative estimate of drug-likeness (QED) is 0.404. The molecule has 0 aliphatic heterocycles. The number of phenols is 1. The van der Waals surface area contributed by atoms with Crippen molar-refractivity contribution in [3.8, 4) is 5.75 Å². The van der Waals surface area contributed by atoms with Crippen molar-refractivity contribution in [2.45, 2.75) is 59.2 Å². The number of anilines is 1. The Morgan fingerprint density at radius 2 is 1.68 bits per heavy atom. The summed E-state index contributed by atoms with van der Waals surface area (Å²) >= 11 is 0. The number of fused-ring (bicyclic) bond motifs is 1. The van der Waals surface area contributed by atoms with Gasteiger partial charge in [-0.1, -0.05) is 48.5 Å². The van der Waals surface area contributed by atoms with Crippen LogP contribution in [0.2, 0.25) is 0 Å². The van der Waals surface area contributed by atoms with E-state index in [4.69, 9.17) is 4.74 Å². The van der Waals surface area contributed by atoms with Crippen LogP contribution in [-0.4, -0.2) is 46.1 Å². The lowest BCUT2D eigenvalue weighted by molar-refractivity contribution is -0.140. The molecular weight excluding hydrogens is 470 g/mol. The summed E-state index contributed by atoms with van der Waals surface area (Å²) in [7, 11) is 0. The normalized spacial score (nSPS) is 12.9. The highest BCUT2D eigenvalue weighted by Crippen LogP contribution is 2.33. The van der Waals surface area contributed by atoms with Crippen molar-refractivity contribution >= 4 is 34.4 Å². The Kier molecular flexibility index (Phi) is 8.42. The summed E-state index contributed by atoms with van der Waals surface area (Å²) in [5.41, 5.74) is 0.694. The zero-order valence-electron chi connectivity index (χ0n) is 22.2. The number of ether oxygens (including phenoxy) is 1. The van der Waals surface area contributed by atoms with Gasteiger partial charge >= 0.3 is 6.09 Å². The third kappa shape index (κ3) is 6.78. The Bertz CT molecular complexity index is 1300. The molecule has 3 rings (SSSR count). The van der Waals surface area contributed by atoms with E-state index in [0.717, 1.165) is 10.8 Å². The Morgan fingerprint density at radius 3 is 2.32 bits per heavy atom. The molecule has 8 nitrogen and oxygen atoms in total. The van der Waals surface area contributed by atoms with Crippen molar-refractivity contribution in [3.05, 3.63) is 71.8 Å². The molecule has 0 aromatic heterocycles. The Morgan fingerprint density at radius 1 is 1.00 bits per heavy atom. The second-order valence-electron chi connectivity index (χ2n) is 9.96. The summed E-state index contributed by atoms with van der Waals surface area (Å²) < 4.78 is 5.27. The van der Waals surface area contributed by atoms with Gasteiger partial charge < -0.3 is 25.4 Å². The van der Waals surface area contributed by atoms with Crippen LogP contribution in [0, 0.1) is 6.92 Å². The van der Waals surface area contributed by atoms with Crippen molar-refractivity contribution in [2.75, 3.05) is 11.9 Å². The van der Waals surface area contributed by atoms with E-state index in [9.17, 15) is 19.5 Å². The molecule has 8 heteroatoms. The molecule has 0 aliphatic carbocycles. The largest absolute Gasteiger partial charge is 0.507 e. The molecule has 0 saturated heterocycles. The number of benzene rings is 3. The van der Waals surface area contributed by atoms with Crippen LogP contribution < -0.4 is 10.6 Å². The summed E-state index contributed by atoms with van der Waals surface area (Å²) in [6, 6.07) is 16.3. The number of rotatable bonds is 7. The van der Waals surface area contributed by atoms with Gasteiger partial charge in [0.25, 0.3) is 5.91 Å². The predicted molar refractivity (Wildman–Crippen MR) is 144 cm³/mol. The molecule has 2 unspecified atom stereocenters. The highest BCUT2D eigenvalue weighted by atomic mass is 16.6. The maximum atomic E-state index is 13.7. The lowest BCUT2D eigenvalue weighted by atomic mass is 9.99. The number of amides is 3. The molecule has 0 spiro atoms. The van der Waals surface area contributed by atoms with Gasteiger partial charge in [-0.25, -0.2) is 4.79 Å². The standard InChI is InChI=1S/C29H35N3O5/c1-7-32(27(35)19(3)30-28(36)37-29(4,5)6)24(23-14-10-11-18(2)25(23)33)26(34)31-22-16-15-20-12-8-9-13-21(20)17-22/h8-17,19,24,33H,7H2,1-6H3,(H,30,36)(H,31,34). The van der Waals surface area contributed by atoms with Gasteiger partial charge in [-0.05, 0) is 70.0 Å². The van der Waals surface area contributed by atoms with Crippen LogP contribution in [0.3, 0.4) is 0 Å². The van der Waals surface area contributed by atoms with Gasteiger partial charge in [-0.3, -0.25) is 9.59 Å². The van der Waals surface area contributed by atoms with Gasteiger partial charge in [0.1, 0.15) is 23.4 Å². The Balaban J connectivity index is 1.94. The van der Waals surface area contributed by atoms with Crippen molar-refractivity contribution in [1.29, 1.82) is 0 Å². The Hall–Kier alpha value is -4.07. The van der Waals surface area contributed by atoms with E-state index in [1.807, 2.05) is 36.4 Å². The second-order valence-corrected chi connectivity index (χ2v) is 9.96. The first-order valence-electron chi connectivity index (χ1n) is 12.3. The fraction of sp³-hybridized carbons (Fsp3) is 0.345. The van der Waals surface area contributed by atoms with Crippen LogP contribution in [-0.2, 0) is 14.3 Å². The maximum absolute atomic E-state index is 13.7. The number of nitrogens with zero attached hydrogens (tertiary/aromatic N) is 1. The van der Waals surface area contributed by atoms with Crippen molar-refractivity contribution < 1.29 is 24.2 Å². The molecular formula is C29H35N3O5. The van der Waals surface area contributed by atoms with Crippen LogP contribution >= 0.6 is 0 Å². The van der Waals surface area contributed by atoms with Gasteiger partial charge in [-0.2, -0.15) is 0 Å². The lowest BCUT2D eigenvalue weighted by Crippen LogP contribution is -2.51. The molecule has 0 saturated carbocycles. The van der Waals surface area contributed by atoms with Crippen LogP contribution in [0.1, 0.15) is 51.8 Å². The molecule has 0 bridgehead atoms. The fourth-order valence-electron chi connectivity index (χ4n) is 4.09. The van der Waals surface area contributed by atoms with Crippen LogP contribution in [0.4, 0.5) is 10.5 Å². The number of carbonyl (C=O) groups is 3. The van der Waals surface area contributed by atoms with E-state index in [-0.39, 0.29) is 17.9 Å². The number of carbonyl (C=O) groups excluding carboxylic acids is 3. The highest BCUT2D eigenvalue weighted by Gasteiger charge is 2.35. The van der Waals surface area contributed by atoms with Gasteiger partial charge in [0.05, 0.1) is 0 Å². The zero-order chi connectivity index (χ0) is 27.3. The number of phenolic OH excluding ortho intramolecular Hbond substituents is 1. The number of hydrogen-bond donors (Lipinski definition) is 3. The number of nitrogens with one attached hydrogen (secondary N) is 2. The topological polar surface area (TPSA) is 108 Å². The molecule has 3 aromatic rings. The SMILES string of the molecule is CCN(C(=O)C(C)NC(=O)OC(C)(C)C)C(C(=O)Nc1ccc2ccccc2c1)c1cccc(C)c1O. The summed E-state index contributed by atoms with van der Waals surface area (Å²) in [5, 5.41) is 18.3. The van der Waals surface area contributed by atoms with Gasteiger partial charge in [0.2, 0.25) is 5.91 Å². The van der Waals surface area contributed by atoms with Crippen LogP contribution in [0.5, 0.6) is 5.75 Å². The van der Waals surface area contributed by atoms with E-state index in [0.29, 0.717) is 11.3 Å². The van der Waals surface area contributed by atoms with E-state index in [1.54, 1.807) is 58.9 Å². The number of likely N-dealkylation sites (N-methyl/N-ethyl adjacent to an activating group) is 1. The minimum absolute atomic E-state index is 0.0693. The fourth-order valence-corrected chi connectivity index (χ4v) is 4.09. The van der Waals surface area contributed by atoms with E-state index in [2.05, 4.69) is 10.6 Å². The van der Waals surface area contributed by atoms with E-state index in [1.165, 1.54) is 11.8 Å². The predicted octanol–water partition coefficient (Wildman–Crippen LogP) is 5.30. The number of aromatic hydroxyl groups is 1. The minimum Gasteiger partial charge on any atom is -0.507 e. The molecule has 0 heterocycles. The smallest absolute Gasteiger partial charge is 0.408 e. The second kappa shape index (κ2) is 11.3. The molecule has 3 amide bonds. The number of hydrogen-bond acceptors (Lipinski definition) is 5. The highest BCUT2D eigenvalue weighted by molar-refractivity contribution is 6.00. The molecule has 3 N–H and O–H groups in total. The molecule has 0 fully saturated rings. The third-order valence-corrected chi connectivity index (χ3v) is 5.87. The molecule has 196 valence electrons. The van der Waals surface area contributed by atoms with Gasteiger partial charge in [0.15, 0.2) is 0 Å². The molecule has 0 radical (unpaired) electrons. The third-order valence-electron chi connectivity index (χ3n) is 5.87. The lowest BCUT2D eigenvalue weighted by Gasteiger charge is -2.33. The average Bonchev–Trinajstić information content (AvgIpc) is 2.82. The first kappa shape index (κ1) is 27.5. The van der Waals surface area contributed by atoms with E-state index >= 15 is 0 Å². The molecule has 0 aliphatic rings. The number of para-hydroxylation sites is 1. The first-order chi connectivity index (χ1) is 17.4. The monoisotopic (exact) mass is 505 g/mol. The molecule has 3 aromatic carbocycles. The van der Waals surface area contributed by atoms with Crippen LogP contribution in [0.15, 0.2) is 60.7 Å². The first-order valence-corrected chi connectivity index (χ1v) is 12.3. The summed E-state index contributed by atoms with van der Waals surface area (Å²) in [5.74, 6) is -1.05. The number of alkyl carbamates (subject to hydrolysis) is 1. The summed E-state index contributed by atoms with van der Waals surface area (Å²) in [4.78, 5) is 40.9. The zero-order valence-corrected chi connectivity index (χ0v) is 22.2. The van der Waals surface area contributed by atoms with Crippen molar-refractivity contribution in [1.82, 2.24) is 10.2 Å². The average molecular weight is 506 g/mol. The van der Waals surface area contributed by atoms with Gasteiger partial charge in [0, 0.05) is 17.8 Å². The molecule has 37 heavy (non-hydrogen) atoms. The summed E-state index contributed by atoms with van der Waals surface area (Å²) in [6.07, 6.45) is -0.736. The minimum atomic E-state index is -1.15. The van der Waals surface area contributed by atoms with Crippen molar-refractivity contribution in [2.24, 2.45) is 0 Å². The van der Waals surface area contributed by atoms with Crippen molar-refractivity contribution in [3.63, 3.8) is 0 Å². The molecule has 2 atom stereocenters. The van der Waals surface area contributed by atoms with Crippen LogP contribution in [0.25, 0.3) is 10.8 Å².